The number of carboxylic acids is 1. The minimum Gasteiger partial charge on any atom is -0.481 e. The summed E-state index contributed by atoms with van der Waals surface area (Å²) in [7, 11) is 0. The normalized spacial score (nSPS) is 13.2. The van der Waals surface area contributed by atoms with Crippen molar-refractivity contribution in [3.63, 3.8) is 0 Å². The van der Waals surface area contributed by atoms with E-state index in [1.807, 2.05) is 0 Å². The van der Waals surface area contributed by atoms with Crippen LogP contribution in [0.15, 0.2) is 0 Å². The summed E-state index contributed by atoms with van der Waals surface area (Å²) in [5.74, 6) is -0.834. The largest absolute Gasteiger partial charge is 0.481 e. The fourth-order valence-corrected chi connectivity index (χ4v) is 5.40. The summed E-state index contributed by atoms with van der Waals surface area (Å²) in [4.78, 5) is 11.0. The van der Waals surface area contributed by atoms with Crippen molar-refractivity contribution in [2.45, 2.75) is 186 Å². The summed E-state index contributed by atoms with van der Waals surface area (Å²) in [5, 5.41) is 27.6. The van der Waals surface area contributed by atoms with Gasteiger partial charge in [-0.2, -0.15) is 0 Å². The summed E-state index contributed by atoms with van der Waals surface area (Å²) in [6.07, 6.45) is 33.6. The van der Waals surface area contributed by atoms with Gasteiger partial charge in [0.1, 0.15) is 0 Å². The molecule has 4 heteroatoms. The van der Waals surface area contributed by atoms with Gasteiger partial charge in [-0.1, -0.05) is 161 Å². The highest BCUT2D eigenvalue weighted by Gasteiger charge is 2.17. The maximum absolute atomic E-state index is 11.0. The van der Waals surface area contributed by atoms with Crippen LogP contribution >= 0.6 is 0 Å². The van der Waals surface area contributed by atoms with Crippen molar-refractivity contribution in [1.29, 1.82) is 0 Å². The lowest BCUT2D eigenvalue weighted by molar-refractivity contribution is -0.138. The molecule has 3 N–H and O–H groups in total. The van der Waals surface area contributed by atoms with Crippen molar-refractivity contribution in [2.24, 2.45) is 5.92 Å². The smallest absolute Gasteiger partial charge is 0.303 e. The summed E-state index contributed by atoms with van der Waals surface area (Å²) in [6.45, 7) is 2.01. The van der Waals surface area contributed by atoms with Gasteiger partial charge in [0.2, 0.25) is 0 Å². The quantitative estimate of drug-likeness (QED) is 0.0837. The summed E-state index contributed by atoms with van der Waals surface area (Å²) >= 11 is 0. The Bertz CT molecular complexity index is 440. The van der Waals surface area contributed by atoms with Crippen molar-refractivity contribution >= 4 is 5.97 Å². The highest BCUT2D eigenvalue weighted by atomic mass is 16.4. The molecular formula is C32H64O4. The van der Waals surface area contributed by atoms with E-state index in [9.17, 15) is 9.90 Å². The molecule has 0 aliphatic heterocycles. The molecule has 0 aliphatic carbocycles. The number of aliphatic hydroxyl groups is 2. The molecular weight excluding hydrogens is 448 g/mol. The average molecular weight is 513 g/mol. The molecule has 0 amide bonds. The van der Waals surface area contributed by atoms with Gasteiger partial charge in [-0.15, -0.1) is 0 Å². The van der Waals surface area contributed by atoms with E-state index in [1.54, 1.807) is 0 Å². The first-order valence-corrected chi connectivity index (χ1v) is 16.1. The van der Waals surface area contributed by atoms with Crippen LogP contribution in [0.25, 0.3) is 0 Å². The van der Waals surface area contributed by atoms with Gasteiger partial charge in [-0.25, -0.2) is 0 Å². The highest BCUT2D eigenvalue weighted by Crippen LogP contribution is 2.21. The van der Waals surface area contributed by atoms with Gasteiger partial charge in [0.05, 0.1) is 12.7 Å². The van der Waals surface area contributed by atoms with E-state index in [4.69, 9.17) is 10.2 Å². The highest BCUT2D eigenvalue weighted by molar-refractivity contribution is 5.67. The van der Waals surface area contributed by atoms with Crippen molar-refractivity contribution in [3.05, 3.63) is 0 Å². The van der Waals surface area contributed by atoms with E-state index < -0.39 is 12.1 Å². The number of unbranched alkanes of at least 4 members (excludes halogenated alkanes) is 23. The van der Waals surface area contributed by atoms with Crippen molar-refractivity contribution in [3.8, 4) is 0 Å². The minimum absolute atomic E-state index is 0.0237. The van der Waals surface area contributed by atoms with Gasteiger partial charge in [-0.05, 0) is 18.8 Å². The molecule has 0 rings (SSSR count). The molecule has 0 spiro atoms. The number of hydrogen-bond donors (Lipinski definition) is 3. The lowest BCUT2D eigenvalue weighted by Crippen LogP contribution is -2.19. The summed E-state index contributed by atoms with van der Waals surface area (Å²) in [6, 6.07) is 0. The fourth-order valence-electron chi connectivity index (χ4n) is 5.40. The van der Waals surface area contributed by atoms with Crippen LogP contribution in [0.4, 0.5) is 0 Å². The van der Waals surface area contributed by atoms with Gasteiger partial charge >= 0.3 is 5.97 Å². The number of aliphatic hydroxyl groups excluding tert-OH is 2. The second-order valence-electron chi connectivity index (χ2n) is 11.5. The van der Waals surface area contributed by atoms with Crippen LogP contribution in [-0.2, 0) is 4.79 Å². The van der Waals surface area contributed by atoms with E-state index in [0.29, 0.717) is 6.42 Å². The Morgan fingerprint density at radius 2 is 0.861 bits per heavy atom. The Kier molecular flexibility index (Phi) is 28.5. The SMILES string of the molecule is CCCCCCCCCCCCCCCCCCCCCCCCCCC(CC(=O)O)CC(O)CO. The van der Waals surface area contributed by atoms with Crippen LogP contribution in [-0.4, -0.2) is 34.0 Å². The van der Waals surface area contributed by atoms with E-state index in [2.05, 4.69) is 6.92 Å². The van der Waals surface area contributed by atoms with E-state index >= 15 is 0 Å². The Morgan fingerprint density at radius 1 is 0.556 bits per heavy atom. The van der Waals surface area contributed by atoms with Gasteiger partial charge in [0.25, 0.3) is 0 Å². The van der Waals surface area contributed by atoms with Crippen LogP contribution < -0.4 is 0 Å². The number of hydrogen-bond acceptors (Lipinski definition) is 3. The fraction of sp³-hybridized carbons (Fsp3) is 0.969. The first kappa shape index (κ1) is 35.4. The Balaban J connectivity index is 3.26. The molecule has 0 aromatic rings. The number of carbonyl (C=O) groups is 1. The Hall–Kier alpha value is -0.610. The van der Waals surface area contributed by atoms with Crippen LogP contribution in [0.5, 0.6) is 0 Å². The molecule has 0 saturated carbocycles. The third-order valence-electron chi connectivity index (χ3n) is 7.75. The Labute approximate surface area is 225 Å². The number of aliphatic carboxylic acids is 1. The lowest BCUT2D eigenvalue weighted by atomic mass is 9.92. The first-order valence-electron chi connectivity index (χ1n) is 16.1. The maximum atomic E-state index is 11.0. The average Bonchev–Trinajstić information content (AvgIpc) is 2.86. The molecule has 0 fully saturated rings. The van der Waals surface area contributed by atoms with Crippen molar-refractivity contribution in [1.82, 2.24) is 0 Å². The molecule has 0 radical (unpaired) electrons. The first-order chi connectivity index (χ1) is 17.6. The summed E-state index contributed by atoms with van der Waals surface area (Å²) < 4.78 is 0. The molecule has 0 aliphatic rings. The zero-order valence-corrected chi connectivity index (χ0v) is 24.2. The van der Waals surface area contributed by atoms with Crippen LogP contribution in [0, 0.1) is 5.92 Å². The molecule has 36 heavy (non-hydrogen) atoms. The van der Waals surface area contributed by atoms with E-state index in [0.717, 1.165) is 19.3 Å². The lowest BCUT2D eigenvalue weighted by Gasteiger charge is -2.17. The van der Waals surface area contributed by atoms with Crippen molar-refractivity contribution in [2.75, 3.05) is 6.61 Å². The van der Waals surface area contributed by atoms with Gasteiger partial charge in [0, 0.05) is 6.42 Å². The van der Waals surface area contributed by atoms with E-state index in [-0.39, 0.29) is 18.9 Å². The zero-order chi connectivity index (χ0) is 26.5. The maximum Gasteiger partial charge on any atom is 0.303 e. The molecule has 216 valence electrons. The third kappa shape index (κ3) is 28.0. The molecule has 2 atom stereocenters. The van der Waals surface area contributed by atoms with Crippen LogP contribution in [0.2, 0.25) is 0 Å². The van der Waals surface area contributed by atoms with Crippen LogP contribution in [0.3, 0.4) is 0 Å². The van der Waals surface area contributed by atoms with Gasteiger partial charge in [-0.3, -0.25) is 4.79 Å². The number of rotatable bonds is 30. The summed E-state index contributed by atoms with van der Waals surface area (Å²) in [5.41, 5.74) is 0. The monoisotopic (exact) mass is 512 g/mol. The van der Waals surface area contributed by atoms with Crippen LogP contribution in [0.1, 0.15) is 180 Å². The standard InChI is InChI=1S/C32H64O4/c1-2-3-4-5-6-7-8-9-10-11-12-13-14-15-16-17-18-19-20-21-22-23-24-25-26-30(28-32(35)36)27-31(34)29-33/h30-31,33-34H,2-29H2,1H3,(H,35,36). The predicted molar refractivity (Wildman–Crippen MR) is 155 cm³/mol. The topological polar surface area (TPSA) is 77.8 Å². The predicted octanol–water partition coefficient (Wildman–Crippen LogP) is 9.59. The van der Waals surface area contributed by atoms with Gasteiger partial charge < -0.3 is 15.3 Å². The van der Waals surface area contributed by atoms with E-state index in [1.165, 1.54) is 141 Å². The zero-order valence-electron chi connectivity index (χ0n) is 24.2. The molecule has 4 nitrogen and oxygen atoms in total. The van der Waals surface area contributed by atoms with Crippen molar-refractivity contribution < 1.29 is 20.1 Å². The molecule has 0 bridgehead atoms. The Morgan fingerprint density at radius 3 is 1.14 bits per heavy atom. The molecule has 2 unspecified atom stereocenters. The second-order valence-corrected chi connectivity index (χ2v) is 11.5. The molecule has 0 heterocycles. The second kappa shape index (κ2) is 29.0. The molecule has 0 aromatic carbocycles. The minimum atomic E-state index is -0.811. The molecule has 0 aromatic heterocycles. The third-order valence-corrected chi connectivity index (χ3v) is 7.75. The van der Waals surface area contributed by atoms with Gasteiger partial charge in [0.15, 0.2) is 0 Å². The number of carboxylic acid groups (broad SMARTS) is 1. The molecule has 0 saturated heterocycles.